The second-order valence-corrected chi connectivity index (χ2v) is 6.00. The molecule has 0 aromatic heterocycles. The molecule has 132 valence electrons. The van der Waals surface area contributed by atoms with Gasteiger partial charge in [0.05, 0.1) is 12.8 Å². The summed E-state index contributed by atoms with van der Waals surface area (Å²) in [5.74, 6) is -0.702. The zero-order valence-electron chi connectivity index (χ0n) is 14.7. The quantitative estimate of drug-likeness (QED) is 0.682. The van der Waals surface area contributed by atoms with Crippen molar-refractivity contribution in [1.82, 2.24) is 5.32 Å². The van der Waals surface area contributed by atoms with Crippen molar-refractivity contribution < 1.29 is 19.1 Å². The van der Waals surface area contributed by atoms with E-state index in [4.69, 9.17) is 4.74 Å². The molecule has 1 aliphatic rings. The summed E-state index contributed by atoms with van der Waals surface area (Å²) in [6, 6.07) is 11.4. The highest BCUT2D eigenvalue weighted by Gasteiger charge is 2.36. The van der Waals surface area contributed by atoms with Crippen molar-refractivity contribution in [2.24, 2.45) is 0 Å². The van der Waals surface area contributed by atoms with Crippen LogP contribution in [0.2, 0.25) is 0 Å². The number of hydrogen-bond acceptors (Lipinski definition) is 4. The minimum atomic E-state index is -0.755. The smallest absolute Gasteiger partial charge is 0.335 e. The highest BCUT2D eigenvalue weighted by molar-refractivity contribution is 6.39. The van der Waals surface area contributed by atoms with E-state index in [0.29, 0.717) is 17.0 Å². The predicted octanol–water partition coefficient (Wildman–Crippen LogP) is 2.98. The summed E-state index contributed by atoms with van der Waals surface area (Å²) in [5, 5.41) is 2.22. The summed E-state index contributed by atoms with van der Waals surface area (Å²) in [4.78, 5) is 38.2. The molecule has 0 bridgehead atoms. The first-order chi connectivity index (χ1) is 12.4. The van der Waals surface area contributed by atoms with Gasteiger partial charge < -0.3 is 4.74 Å². The van der Waals surface area contributed by atoms with E-state index in [1.807, 2.05) is 19.9 Å². The summed E-state index contributed by atoms with van der Waals surface area (Å²) in [6.07, 6.45) is 1.46. The molecule has 26 heavy (non-hydrogen) atoms. The molecule has 2 aromatic rings. The zero-order chi connectivity index (χ0) is 18.8. The number of ether oxygens (including phenoxy) is 1. The number of carbonyl (C=O) groups excluding carboxylic acids is 3. The average Bonchev–Trinajstić information content (AvgIpc) is 2.62. The normalized spacial score (nSPS) is 16.0. The van der Waals surface area contributed by atoms with Crippen LogP contribution < -0.4 is 15.0 Å². The molecular formula is C20H18N2O4. The number of aryl methyl sites for hydroxylation is 2. The van der Waals surface area contributed by atoms with Gasteiger partial charge in [-0.25, -0.2) is 9.69 Å². The van der Waals surface area contributed by atoms with E-state index >= 15 is 0 Å². The lowest BCUT2D eigenvalue weighted by Crippen LogP contribution is -2.54. The summed E-state index contributed by atoms with van der Waals surface area (Å²) in [6.45, 7) is 3.83. The fourth-order valence-corrected chi connectivity index (χ4v) is 2.62. The van der Waals surface area contributed by atoms with Gasteiger partial charge in [-0.1, -0.05) is 18.2 Å². The van der Waals surface area contributed by atoms with Crippen LogP contribution in [0.1, 0.15) is 16.7 Å². The second-order valence-electron chi connectivity index (χ2n) is 6.00. The lowest BCUT2D eigenvalue weighted by molar-refractivity contribution is -0.122. The maximum Gasteiger partial charge on any atom is 0.335 e. The molecule has 1 saturated heterocycles. The fraction of sp³-hybridized carbons (Fsp3) is 0.150. The summed E-state index contributed by atoms with van der Waals surface area (Å²) < 4.78 is 5.09. The molecule has 1 heterocycles. The van der Waals surface area contributed by atoms with Crippen LogP contribution in [0.25, 0.3) is 6.08 Å². The minimum Gasteiger partial charge on any atom is -0.497 e. The molecule has 3 rings (SSSR count). The van der Waals surface area contributed by atoms with E-state index < -0.39 is 17.8 Å². The van der Waals surface area contributed by atoms with Crippen LogP contribution in [0.5, 0.6) is 5.75 Å². The van der Waals surface area contributed by atoms with Crippen LogP contribution in [0, 0.1) is 13.8 Å². The summed E-state index contributed by atoms with van der Waals surface area (Å²) in [5.41, 5.74) is 2.96. The van der Waals surface area contributed by atoms with Crippen molar-refractivity contribution in [1.29, 1.82) is 0 Å². The number of urea groups is 1. The third-order valence-corrected chi connectivity index (χ3v) is 4.28. The Morgan fingerprint density at radius 3 is 2.27 bits per heavy atom. The zero-order valence-corrected chi connectivity index (χ0v) is 14.7. The number of rotatable bonds is 3. The monoisotopic (exact) mass is 350 g/mol. The van der Waals surface area contributed by atoms with Crippen molar-refractivity contribution in [2.75, 3.05) is 12.0 Å². The summed E-state index contributed by atoms with van der Waals surface area (Å²) >= 11 is 0. The highest BCUT2D eigenvalue weighted by Crippen LogP contribution is 2.24. The molecule has 1 fully saturated rings. The van der Waals surface area contributed by atoms with Crippen LogP contribution >= 0.6 is 0 Å². The maximum atomic E-state index is 12.8. The van der Waals surface area contributed by atoms with Gasteiger partial charge >= 0.3 is 6.03 Å². The van der Waals surface area contributed by atoms with Crippen LogP contribution in [0.3, 0.4) is 0 Å². The van der Waals surface area contributed by atoms with E-state index in [1.54, 1.807) is 43.5 Å². The first kappa shape index (κ1) is 17.4. The SMILES string of the molecule is COc1ccc(/C=C2\C(=O)NC(=O)N(c3ccc(C)c(C)c3)C2=O)cc1. The van der Waals surface area contributed by atoms with Crippen molar-refractivity contribution in [3.8, 4) is 5.75 Å². The number of nitrogens with zero attached hydrogens (tertiary/aromatic N) is 1. The average molecular weight is 350 g/mol. The Kier molecular flexibility index (Phi) is 4.58. The van der Waals surface area contributed by atoms with Crippen LogP contribution in [-0.4, -0.2) is 25.0 Å². The standard InChI is InChI=1S/C20H18N2O4/c1-12-4-7-15(10-13(12)2)22-19(24)17(18(23)21-20(22)25)11-14-5-8-16(26-3)9-6-14/h4-11H,1-3H3,(H,21,23,25)/b17-11+. The van der Waals surface area contributed by atoms with Crippen molar-refractivity contribution in [3.05, 3.63) is 64.7 Å². The molecule has 0 unspecified atom stereocenters. The maximum absolute atomic E-state index is 12.8. The minimum absolute atomic E-state index is 0.104. The van der Waals surface area contributed by atoms with Crippen LogP contribution in [-0.2, 0) is 9.59 Å². The van der Waals surface area contributed by atoms with E-state index in [0.717, 1.165) is 16.0 Å². The number of anilines is 1. The van der Waals surface area contributed by atoms with Crippen LogP contribution in [0.15, 0.2) is 48.0 Å². The molecule has 1 aliphatic heterocycles. The van der Waals surface area contributed by atoms with Gasteiger partial charge in [-0.05, 0) is 60.9 Å². The number of methoxy groups -OCH3 is 1. The molecule has 0 aliphatic carbocycles. The predicted molar refractivity (Wildman–Crippen MR) is 97.9 cm³/mol. The molecule has 1 N–H and O–H groups in total. The molecule has 0 spiro atoms. The Labute approximate surface area is 151 Å². The molecule has 0 saturated carbocycles. The van der Waals surface area contributed by atoms with Gasteiger partial charge in [-0.15, -0.1) is 0 Å². The Morgan fingerprint density at radius 1 is 0.962 bits per heavy atom. The van der Waals surface area contributed by atoms with E-state index in [1.165, 1.54) is 6.08 Å². The van der Waals surface area contributed by atoms with Gasteiger partial charge in [-0.2, -0.15) is 0 Å². The molecule has 2 aromatic carbocycles. The lowest BCUT2D eigenvalue weighted by Gasteiger charge is -2.26. The molecule has 6 nitrogen and oxygen atoms in total. The second kappa shape index (κ2) is 6.84. The largest absolute Gasteiger partial charge is 0.497 e. The Bertz CT molecular complexity index is 929. The van der Waals surface area contributed by atoms with Gasteiger partial charge in [0, 0.05) is 0 Å². The van der Waals surface area contributed by atoms with E-state index in [2.05, 4.69) is 5.32 Å². The van der Waals surface area contributed by atoms with Crippen molar-refractivity contribution >= 4 is 29.6 Å². The highest BCUT2D eigenvalue weighted by atomic mass is 16.5. The molecule has 6 heteroatoms. The van der Waals surface area contributed by atoms with Crippen molar-refractivity contribution in [3.63, 3.8) is 0 Å². The Balaban J connectivity index is 1.99. The fourth-order valence-electron chi connectivity index (χ4n) is 2.62. The van der Waals surface area contributed by atoms with Crippen LogP contribution in [0.4, 0.5) is 10.5 Å². The number of imide groups is 2. The number of benzene rings is 2. The molecule has 4 amide bonds. The number of barbiturate groups is 1. The van der Waals surface area contributed by atoms with Gasteiger partial charge in [0.1, 0.15) is 11.3 Å². The van der Waals surface area contributed by atoms with Crippen molar-refractivity contribution in [2.45, 2.75) is 13.8 Å². The number of nitrogens with one attached hydrogen (secondary N) is 1. The third-order valence-electron chi connectivity index (χ3n) is 4.28. The number of hydrogen-bond donors (Lipinski definition) is 1. The molecule has 0 atom stereocenters. The first-order valence-electron chi connectivity index (χ1n) is 8.03. The topological polar surface area (TPSA) is 75.7 Å². The Hall–Kier alpha value is -3.41. The number of amides is 4. The van der Waals surface area contributed by atoms with Gasteiger partial charge in [-0.3, -0.25) is 14.9 Å². The van der Waals surface area contributed by atoms with Gasteiger partial charge in [0.15, 0.2) is 0 Å². The van der Waals surface area contributed by atoms with E-state index in [-0.39, 0.29) is 5.57 Å². The molecular weight excluding hydrogens is 332 g/mol. The lowest BCUT2D eigenvalue weighted by atomic mass is 10.1. The van der Waals surface area contributed by atoms with Gasteiger partial charge in [0.2, 0.25) is 0 Å². The molecule has 0 radical (unpaired) electrons. The number of carbonyl (C=O) groups is 3. The first-order valence-corrected chi connectivity index (χ1v) is 8.03. The van der Waals surface area contributed by atoms with Gasteiger partial charge in [0.25, 0.3) is 11.8 Å². The Morgan fingerprint density at radius 2 is 1.65 bits per heavy atom. The summed E-state index contributed by atoms with van der Waals surface area (Å²) in [7, 11) is 1.55. The van der Waals surface area contributed by atoms with E-state index in [9.17, 15) is 14.4 Å². The third kappa shape index (κ3) is 3.21.